The van der Waals surface area contributed by atoms with Crippen LogP contribution < -0.4 is 4.72 Å². The molecule has 28 heavy (non-hydrogen) atoms. The number of ether oxygens (including phenoxy) is 1. The molecule has 1 N–H and O–H groups in total. The summed E-state index contributed by atoms with van der Waals surface area (Å²) in [5, 5.41) is 0. The maximum Gasteiger partial charge on any atom is 0.410 e. The van der Waals surface area contributed by atoms with Crippen molar-refractivity contribution < 1.29 is 13.7 Å². The molecule has 2 heterocycles. The average Bonchev–Trinajstić information content (AvgIpc) is 3.01. The van der Waals surface area contributed by atoms with Gasteiger partial charge in [0.2, 0.25) is 0 Å². The fraction of sp³-hybridized carbons (Fsp3) is 0.714. The molecule has 6 nitrogen and oxygen atoms in total. The van der Waals surface area contributed by atoms with Gasteiger partial charge in [-0.1, -0.05) is 6.07 Å². The van der Waals surface area contributed by atoms with Crippen LogP contribution in [-0.2, 0) is 15.7 Å². The molecular weight excluding hydrogens is 374 g/mol. The Balaban J connectivity index is 2.19. The van der Waals surface area contributed by atoms with E-state index in [4.69, 9.17) is 4.74 Å². The molecule has 0 aliphatic carbocycles. The van der Waals surface area contributed by atoms with Crippen LogP contribution in [0.1, 0.15) is 78.1 Å². The zero-order valence-electron chi connectivity index (χ0n) is 18.2. The molecule has 0 radical (unpaired) electrons. The normalized spacial score (nSPS) is 20.1. The van der Waals surface area contributed by atoms with E-state index in [1.54, 1.807) is 0 Å². The Hall–Kier alpha value is -1.47. The number of aromatic nitrogens is 1. The molecule has 3 atom stereocenters. The number of carbonyl (C=O) groups excluding carboxylic acids is 1. The van der Waals surface area contributed by atoms with Gasteiger partial charge in [-0.25, -0.2) is 13.7 Å². The summed E-state index contributed by atoms with van der Waals surface area (Å²) in [7, 11) is -1.24. The van der Waals surface area contributed by atoms with Gasteiger partial charge in [-0.2, -0.15) is 0 Å². The van der Waals surface area contributed by atoms with Gasteiger partial charge in [-0.05, 0) is 79.4 Å². The molecule has 0 aromatic carbocycles. The lowest BCUT2D eigenvalue weighted by molar-refractivity contribution is 0.0214. The molecule has 1 amide bonds. The largest absolute Gasteiger partial charge is 0.444 e. The van der Waals surface area contributed by atoms with E-state index >= 15 is 0 Å². The molecule has 1 fully saturated rings. The van der Waals surface area contributed by atoms with Crippen LogP contribution in [0, 0.1) is 6.92 Å². The number of hydrogen-bond donors (Lipinski definition) is 1. The molecule has 158 valence electrons. The number of hydrogen-bond acceptors (Lipinski definition) is 4. The Morgan fingerprint density at radius 1 is 1.32 bits per heavy atom. The zero-order valence-corrected chi connectivity index (χ0v) is 19.1. The maximum atomic E-state index is 12.8. The molecule has 1 aliphatic rings. The van der Waals surface area contributed by atoms with Gasteiger partial charge < -0.3 is 9.64 Å². The molecule has 1 aliphatic heterocycles. The first kappa shape index (κ1) is 22.8. The van der Waals surface area contributed by atoms with Gasteiger partial charge in [-0.3, -0.25) is 4.98 Å². The van der Waals surface area contributed by atoms with Crippen molar-refractivity contribution in [2.75, 3.05) is 6.54 Å². The highest BCUT2D eigenvalue weighted by molar-refractivity contribution is 7.84. The smallest absolute Gasteiger partial charge is 0.410 e. The second-order valence-corrected chi connectivity index (χ2v) is 11.5. The van der Waals surface area contributed by atoms with Gasteiger partial charge in [0.05, 0.1) is 27.5 Å². The predicted octanol–water partition coefficient (Wildman–Crippen LogP) is 4.27. The van der Waals surface area contributed by atoms with Gasteiger partial charge >= 0.3 is 6.09 Å². The van der Waals surface area contributed by atoms with E-state index in [2.05, 4.69) is 9.71 Å². The van der Waals surface area contributed by atoms with Gasteiger partial charge in [0.15, 0.2) is 0 Å². The summed E-state index contributed by atoms with van der Waals surface area (Å²) < 4.78 is 21.2. The van der Waals surface area contributed by atoms with Crippen molar-refractivity contribution in [3.63, 3.8) is 0 Å². The monoisotopic (exact) mass is 409 g/mol. The third-order valence-corrected chi connectivity index (χ3v) is 6.22. The fourth-order valence-electron chi connectivity index (χ4n) is 3.13. The molecule has 0 saturated carbocycles. The Bertz CT molecular complexity index is 692. The number of nitrogens with one attached hydrogen (secondary N) is 1. The number of rotatable bonds is 5. The Kier molecular flexibility index (Phi) is 7.26. The van der Waals surface area contributed by atoms with Crippen molar-refractivity contribution in [3.05, 3.63) is 29.6 Å². The van der Waals surface area contributed by atoms with Crippen LogP contribution in [0.4, 0.5) is 4.79 Å². The van der Waals surface area contributed by atoms with Crippen LogP contribution in [0.3, 0.4) is 0 Å². The van der Waals surface area contributed by atoms with Crippen molar-refractivity contribution in [3.8, 4) is 0 Å². The quantitative estimate of drug-likeness (QED) is 0.788. The molecular formula is C21H35N3O3S. The first-order chi connectivity index (χ1) is 12.9. The highest BCUT2D eigenvalue weighted by Gasteiger charge is 2.35. The minimum atomic E-state index is -1.24. The summed E-state index contributed by atoms with van der Waals surface area (Å²) in [6.45, 7) is 14.1. The number of aryl methyl sites for hydroxylation is 1. The minimum Gasteiger partial charge on any atom is -0.444 e. The van der Waals surface area contributed by atoms with Crippen molar-refractivity contribution in [2.24, 2.45) is 0 Å². The first-order valence-electron chi connectivity index (χ1n) is 9.97. The Labute approximate surface area is 172 Å². The van der Waals surface area contributed by atoms with Crippen LogP contribution in [0.2, 0.25) is 0 Å². The molecule has 1 unspecified atom stereocenters. The summed E-state index contributed by atoms with van der Waals surface area (Å²) in [4.78, 5) is 19.0. The van der Waals surface area contributed by atoms with E-state index < -0.39 is 16.6 Å². The summed E-state index contributed by atoms with van der Waals surface area (Å²) in [6, 6.07) is 3.82. The van der Waals surface area contributed by atoms with E-state index in [0.717, 1.165) is 24.1 Å². The standard InChI is InChI=1S/C21H35N3O3S/c1-15-10-11-17(22-14-15)18(23-28(26)21(5,6)7)13-16-9-8-12-24(16)19(25)27-20(2,3)4/h10-11,14,16,18,23H,8-9,12-13H2,1-7H3/t16-,18?,28+/m0/s1. The van der Waals surface area contributed by atoms with E-state index in [0.29, 0.717) is 13.0 Å². The summed E-state index contributed by atoms with van der Waals surface area (Å²) >= 11 is 0. The first-order valence-corrected chi connectivity index (χ1v) is 11.1. The topological polar surface area (TPSA) is 71.5 Å². The molecule has 1 aromatic rings. The third kappa shape index (κ3) is 6.55. The third-order valence-electron chi connectivity index (χ3n) is 4.61. The summed E-state index contributed by atoms with van der Waals surface area (Å²) in [6.07, 6.45) is 4.05. The molecule has 0 bridgehead atoms. The van der Waals surface area contributed by atoms with Crippen LogP contribution in [0.5, 0.6) is 0 Å². The average molecular weight is 410 g/mol. The van der Waals surface area contributed by atoms with Crippen molar-refractivity contribution in [1.82, 2.24) is 14.6 Å². The van der Waals surface area contributed by atoms with Crippen LogP contribution in [0.25, 0.3) is 0 Å². The number of likely N-dealkylation sites (tertiary alicyclic amines) is 1. The minimum absolute atomic E-state index is 0.0346. The van der Waals surface area contributed by atoms with E-state index in [1.165, 1.54) is 0 Å². The molecule has 7 heteroatoms. The molecule has 1 saturated heterocycles. The molecule has 0 spiro atoms. The lowest BCUT2D eigenvalue weighted by Gasteiger charge is -2.31. The fourth-order valence-corrected chi connectivity index (χ4v) is 3.96. The van der Waals surface area contributed by atoms with Crippen LogP contribution >= 0.6 is 0 Å². The van der Waals surface area contributed by atoms with Crippen molar-refractivity contribution in [1.29, 1.82) is 0 Å². The Morgan fingerprint density at radius 2 is 2.00 bits per heavy atom. The van der Waals surface area contributed by atoms with Gasteiger partial charge in [0.25, 0.3) is 0 Å². The summed E-state index contributed by atoms with van der Waals surface area (Å²) in [5.41, 5.74) is 1.41. The molecule has 2 rings (SSSR count). The number of pyridine rings is 1. The van der Waals surface area contributed by atoms with Gasteiger partial charge in [0, 0.05) is 18.8 Å². The van der Waals surface area contributed by atoms with Crippen LogP contribution in [-0.4, -0.2) is 43.1 Å². The Morgan fingerprint density at radius 3 is 2.54 bits per heavy atom. The van der Waals surface area contributed by atoms with Gasteiger partial charge in [-0.15, -0.1) is 0 Å². The van der Waals surface area contributed by atoms with E-state index in [1.807, 2.05) is 71.7 Å². The zero-order chi connectivity index (χ0) is 21.1. The lowest BCUT2D eigenvalue weighted by atomic mass is 10.0. The highest BCUT2D eigenvalue weighted by atomic mass is 32.2. The van der Waals surface area contributed by atoms with Gasteiger partial charge in [0.1, 0.15) is 5.60 Å². The predicted molar refractivity (Wildman–Crippen MR) is 113 cm³/mol. The van der Waals surface area contributed by atoms with E-state index in [9.17, 15) is 9.00 Å². The summed E-state index contributed by atoms with van der Waals surface area (Å²) in [5.74, 6) is 0. The number of amides is 1. The number of carbonyl (C=O) groups is 1. The second-order valence-electron chi connectivity index (χ2n) is 9.52. The second kappa shape index (κ2) is 8.91. The van der Waals surface area contributed by atoms with E-state index in [-0.39, 0.29) is 22.9 Å². The lowest BCUT2D eigenvalue weighted by Crippen LogP contribution is -2.43. The highest BCUT2D eigenvalue weighted by Crippen LogP contribution is 2.29. The maximum absolute atomic E-state index is 12.8. The SMILES string of the molecule is Cc1ccc(C(C[C@@H]2CCCN2C(=O)OC(C)(C)C)N[S@](=O)C(C)(C)C)nc1. The molecule has 1 aromatic heterocycles. The van der Waals surface area contributed by atoms with Crippen molar-refractivity contribution >= 4 is 17.1 Å². The van der Waals surface area contributed by atoms with Crippen LogP contribution in [0.15, 0.2) is 18.3 Å². The number of nitrogens with zero attached hydrogens (tertiary/aromatic N) is 2. The van der Waals surface area contributed by atoms with Crippen molar-refractivity contribution in [2.45, 2.75) is 90.2 Å².